The van der Waals surface area contributed by atoms with Gasteiger partial charge in [-0.2, -0.15) is 4.31 Å². The van der Waals surface area contributed by atoms with Crippen LogP contribution in [0.3, 0.4) is 0 Å². The van der Waals surface area contributed by atoms with E-state index < -0.39 is 10.0 Å². The highest BCUT2D eigenvalue weighted by atomic mass is 32.2. The largest absolute Gasteiger partial charge is 0.352 e. The van der Waals surface area contributed by atoms with E-state index >= 15 is 0 Å². The van der Waals surface area contributed by atoms with Crippen molar-refractivity contribution in [2.24, 2.45) is 5.92 Å². The Morgan fingerprint density at radius 2 is 1.86 bits per heavy atom. The molecule has 6 heteroatoms. The molecule has 0 bridgehead atoms. The maximum atomic E-state index is 12.9. The molecule has 2 aromatic carbocycles. The molecule has 1 aliphatic rings. The second-order valence-corrected chi connectivity index (χ2v) is 9.93. The molecule has 156 valence electrons. The molecule has 0 spiro atoms. The number of carbonyl (C=O) groups is 1. The predicted octanol–water partition coefficient (Wildman–Crippen LogP) is 3.80. The minimum atomic E-state index is -3.47. The zero-order valence-corrected chi connectivity index (χ0v) is 18.0. The first-order chi connectivity index (χ1) is 13.8. The van der Waals surface area contributed by atoms with E-state index in [-0.39, 0.29) is 11.8 Å². The van der Waals surface area contributed by atoms with Gasteiger partial charge < -0.3 is 5.32 Å². The molecule has 1 amide bonds. The number of piperidine rings is 1. The molecule has 0 aliphatic carbocycles. The zero-order valence-electron chi connectivity index (χ0n) is 17.2. The average molecular weight is 415 g/mol. The van der Waals surface area contributed by atoms with Crippen LogP contribution < -0.4 is 5.32 Å². The number of carbonyl (C=O) groups excluding carboxylic acids is 1. The summed E-state index contributed by atoms with van der Waals surface area (Å²) >= 11 is 0. The van der Waals surface area contributed by atoms with Crippen LogP contribution >= 0.6 is 0 Å². The summed E-state index contributed by atoms with van der Waals surface area (Å²) in [4.78, 5) is 12.6. The number of sulfonamides is 1. The lowest BCUT2D eigenvalue weighted by molar-refractivity contribution is -0.121. The van der Waals surface area contributed by atoms with Gasteiger partial charge in [0, 0.05) is 26.1 Å². The fourth-order valence-electron chi connectivity index (χ4n) is 3.79. The molecular weight excluding hydrogens is 384 g/mol. The number of hydrogen-bond donors (Lipinski definition) is 1. The van der Waals surface area contributed by atoms with Gasteiger partial charge in [0.05, 0.1) is 4.90 Å². The number of nitrogens with one attached hydrogen (secondary N) is 1. The van der Waals surface area contributed by atoms with Crippen LogP contribution in [0.2, 0.25) is 0 Å². The van der Waals surface area contributed by atoms with Crippen LogP contribution in [-0.4, -0.2) is 31.7 Å². The van der Waals surface area contributed by atoms with Gasteiger partial charge in [0.25, 0.3) is 0 Å². The molecule has 5 nitrogen and oxygen atoms in total. The Labute approximate surface area is 174 Å². The van der Waals surface area contributed by atoms with Crippen molar-refractivity contribution < 1.29 is 13.2 Å². The van der Waals surface area contributed by atoms with Crippen molar-refractivity contribution in [2.45, 2.75) is 51.0 Å². The maximum Gasteiger partial charge on any atom is 0.243 e. The van der Waals surface area contributed by atoms with E-state index in [1.807, 2.05) is 44.2 Å². The van der Waals surface area contributed by atoms with E-state index in [1.165, 1.54) is 5.56 Å². The number of rotatable bonds is 7. The second kappa shape index (κ2) is 9.55. The summed E-state index contributed by atoms with van der Waals surface area (Å²) in [6.07, 6.45) is 2.93. The Kier molecular flexibility index (Phi) is 7.09. The molecular formula is C23H30N2O3S. The van der Waals surface area contributed by atoms with Crippen molar-refractivity contribution in [2.75, 3.05) is 13.1 Å². The van der Waals surface area contributed by atoms with Crippen molar-refractivity contribution in [3.63, 3.8) is 0 Å². The summed E-state index contributed by atoms with van der Waals surface area (Å²) in [5.41, 5.74) is 3.30. The highest BCUT2D eigenvalue weighted by molar-refractivity contribution is 7.89. The minimum Gasteiger partial charge on any atom is -0.352 e. The Hall–Kier alpha value is -2.18. The van der Waals surface area contributed by atoms with Gasteiger partial charge in [0.1, 0.15) is 0 Å². The smallest absolute Gasteiger partial charge is 0.243 e. The van der Waals surface area contributed by atoms with E-state index in [1.54, 1.807) is 16.4 Å². The zero-order chi connectivity index (χ0) is 20.9. The highest BCUT2D eigenvalue weighted by Crippen LogP contribution is 2.26. The van der Waals surface area contributed by atoms with Crippen LogP contribution in [0.25, 0.3) is 0 Å². The lowest BCUT2D eigenvalue weighted by Gasteiger charge is -2.32. The van der Waals surface area contributed by atoms with E-state index in [0.717, 1.165) is 24.0 Å². The molecule has 29 heavy (non-hydrogen) atoms. The van der Waals surface area contributed by atoms with Crippen LogP contribution in [0.1, 0.15) is 42.4 Å². The lowest BCUT2D eigenvalue weighted by Crippen LogP contribution is -2.40. The van der Waals surface area contributed by atoms with Crippen LogP contribution in [0.15, 0.2) is 53.4 Å². The third-order valence-electron chi connectivity index (χ3n) is 5.49. The van der Waals surface area contributed by atoms with Crippen LogP contribution in [0, 0.1) is 19.8 Å². The van der Waals surface area contributed by atoms with Crippen LogP contribution in [0.5, 0.6) is 0 Å². The molecule has 0 aromatic heterocycles. The Balaban J connectivity index is 1.50. The quantitative estimate of drug-likeness (QED) is 0.749. The van der Waals surface area contributed by atoms with Gasteiger partial charge in [-0.05, 0) is 56.7 Å². The fraction of sp³-hybridized carbons (Fsp3) is 0.435. The van der Waals surface area contributed by atoms with Crippen molar-refractivity contribution in [3.05, 3.63) is 65.2 Å². The third kappa shape index (κ3) is 5.90. The van der Waals surface area contributed by atoms with E-state index in [2.05, 4.69) is 11.4 Å². The first-order valence-electron chi connectivity index (χ1n) is 10.2. The third-order valence-corrected chi connectivity index (χ3v) is 7.37. The standard InChI is InChI=1S/C23H30N2O3S/c1-18-8-11-22(12-9-18)29(27,28)25-14-4-7-20(17-25)10-13-23(26)24-16-21-6-3-5-19(2)15-21/h3,5-6,8-9,11-12,15,20H,4,7,10,13-14,16-17H2,1-2H3,(H,24,26). The minimum absolute atomic E-state index is 0.0185. The van der Waals surface area contributed by atoms with Gasteiger partial charge >= 0.3 is 0 Å². The Morgan fingerprint density at radius 3 is 2.59 bits per heavy atom. The molecule has 1 heterocycles. The highest BCUT2D eigenvalue weighted by Gasteiger charge is 2.30. The first kappa shape index (κ1) is 21.5. The summed E-state index contributed by atoms with van der Waals surface area (Å²) < 4.78 is 27.4. The molecule has 2 aromatic rings. The Bertz CT molecular complexity index is 939. The summed E-state index contributed by atoms with van der Waals surface area (Å²) in [5, 5.41) is 2.97. The molecule has 0 radical (unpaired) electrons. The van der Waals surface area contributed by atoms with Crippen molar-refractivity contribution in [1.82, 2.24) is 9.62 Å². The molecule has 3 rings (SSSR count). The van der Waals surface area contributed by atoms with Crippen LogP contribution in [-0.2, 0) is 21.4 Å². The summed E-state index contributed by atoms with van der Waals surface area (Å²) in [5.74, 6) is 0.235. The van der Waals surface area contributed by atoms with E-state index in [9.17, 15) is 13.2 Å². The number of nitrogens with zero attached hydrogens (tertiary/aromatic N) is 1. The number of aryl methyl sites for hydroxylation is 2. The second-order valence-electron chi connectivity index (χ2n) is 7.99. The van der Waals surface area contributed by atoms with Gasteiger partial charge in [0.2, 0.25) is 15.9 Å². The molecule has 1 N–H and O–H groups in total. The van der Waals surface area contributed by atoms with Gasteiger partial charge in [0.15, 0.2) is 0 Å². The number of amides is 1. The number of hydrogen-bond acceptors (Lipinski definition) is 3. The molecule has 1 atom stereocenters. The van der Waals surface area contributed by atoms with Crippen molar-refractivity contribution >= 4 is 15.9 Å². The van der Waals surface area contributed by atoms with Crippen molar-refractivity contribution in [3.8, 4) is 0 Å². The molecule has 1 fully saturated rings. The average Bonchev–Trinajstić information content (AvgIpc) is 2.71. The van der Waals surface area contributed by atoms with Gasteiger partial charge in [-0.25, -0.2) is 8.42 Å². The summed E-state index contributed by atoms with van der Waals surface area (Å²) in [6.45, 7) is 5.54. The predicted molar refractivity (Wildman–Crippen MR) is 115 cm³/mol. The SMILES string of the molecule is Cc1ccc(S(=O)(=O)N2CCCC(CCC(=O)NCc3cccc(C)c3)C2)cc1. The van der Waals surface area contributed by atoms with Crippen molar-refractivity contribution in [1.29, 1.82) is 0 Å². The van der Waals surface area contributed by atoms with Gasteiger partial charge in [-0.3, -0.25) is 4.79 Å². The summed E-state index contributed by atoms with van der Waals surface area (Å²) in [6, 6.07) is 15.1. The fourth-order valence-corrected chi connectivity index (χ4v) is 5.34. The van der Waals surface area contributed by atoms with Crippen LogP contribution in [0.4, 0.5) is 0 Å². The van der Waals surface area contributed by atoms with E-state index in [4.69, 9.17) is 0 Å². The van der Waals surface area contributed by atoms with Gasteiger partial charge in [-0.15, -0.1) is 0 Å². The monoisotopic (exact) mass is 414 g/mol. The van der Waals surface area contributed by atoms with Gasteiger partial charge in [-0.1, -0.05) is 47.5 Å². The normalized spacial score (nSPS) is 17.8. The Morgan fingerprint density at radius 1 is 1.10 bits per heavy atom. The molecule has 0 saturated carbocycles. The molecule has 1 saturated heterocycles. The topological polar surface area (TPSA) is 66.5 Å². The first-order valence-corrected chi connectivity index (χ1v) is 11.7. The molecule has 1 aliphatic heterocycles. The summed E-state index contributed by atoms with van der Waals surface area (Å²) in [7, 11) is -3.47. The maximum absolute atomic E-state index is 12.9. The number of benzene rings is 2. The molecule has 1 unspecified atom stereocenters. The lowest BCUT2D eigenvalue weighted by atomic mass is 9.94. The van der Waals surface area contributed by atoms with E-state index in [0.29, 0.717) is 37.4 Å².